The van der Waals surface area contributed by atoms with E-state index in [2.05, 4.69) is 5.32 Å². The third-order valence-electron chi connectivity index (χ3n) is 2.91. The van der Waals surface area contributed by atoms with Crippen molar-refractivity contribution in [3.05, 3.63) is 29.8 Å². The number of nitrogens with one attached hydrogen (secondary N) is 1. The lowest BCUT2D eigenvalue weighted by Gasteiger charge is -2.17. The molecule has 1 N–H and O–H groups in total. The molecular formula is C15H19F3N2O3S. The first-order valence-corrected chi connectivity index (χ1v) is 7.91. The van der Waals surface area contributed by atoms with Crippen LogP contribution in [0.1, 0.15) is 16.8 Å². The van der Waals surface area contributed by atoms with E-state index in [-0.39, 0.29) is 34.7 Å². The summed E-state index contributed by atoms with van der Waals surface area (Å²) >= 11 is -0.246. The minimum Gasteiger partial charge on any atom is -0.385 e. The third kappa shape index (κ3) is 7.69. The number of likely N-dealkylation sites (N-methyl/N-ethyl adjacent to an activating group) is 1. The zero-order valence-corrected chi connectivity index (χ0v) is 14.2. The van der Waals surface area contributed by atoms with Gasteiger partial charge >= 0.3 is 5.51 Å². The van der Waals surface area contributed by atoms with E-state index in [1.165, 1.54) is 36.2 Å². The van der Waals surface area contributed by atoms with E-state index in [1.54, 1.807) is 7.11 Å². The molecule has 2 amide bonds. The van der Waals surface area contributed by atoms with Crippen LogP contribution in [0.4, 0.5) is 13.2 Å². The average molecular weight is 364 g/mol. The van der Waals surface area contributed by atoms with E-state index < -0.39 is 11.4 Å². The van der Waals surface area contributed by atoms with Crippen LogP contribution in [0.15, 0.2) is 29.2 Å². The first-order valence-electron chi connectivity index (χ1n) is 7.10. The Morgan fingerprint density at radius 2 is 1.88 bits per heavy atom. The normalized spacial score (nSPS) is 11.2. The predicted octanol–water partition coefficient (Wildman–Crippen LogP) is 2.52. The van der Waals surface area contributed by atoms with Gasteiger partial charge in [-0.1, -0.05) is 0 Å². The van der Waals surface area contributed by atoms with Gasteiger partial charge in [0.25, 0.3) is 5.91 Å². The smallest absolute Gasteiger partial charge is 0.385 e. The molecule has 0 aliphatic rings. The Morgan fingerprint density at radius 1 is 1.25 bits per heavy atom. The number of ether oxygens (including phenoxy) is 1. The lowest BCUT2D eigenvalue weighted by atomic mass is 10.2. The van der Waals surface area contributed by atoms with Crippen molar-refractivity contribution >= 4 is 23.6 Å². The summed E-state index contributed by atoms with van der Waals surface area (Å²) in [5, 5.41) is 2.65. The SMILES string of the molecule is COCCCNC(=O)CN(C)C(=O)c1ccc(SC(F)(F)F)cc1. The molecule has 0 fully saturated rings. The molecule has 0 unspecified atom stereocenters. The molecule has 0 aliphatic heterocycles. The molecule has 1 aromatic carbocycles. The van der Waals surface area contributed by atoms with Crippen molar-refractivity contribution in [1.29, 1.82) is 0 Å². The van der Waals surface area contributed by atoms with Crippen molar-refractivity contribution in [1.82, 2.24) is 10.2 Å². The van der Waals surface area contributed by atoms with E-state index in [0.717, 1.165) is 0 Å². The molecule has 0 aromatic heterocycles. The largest absolute Gasteiger partial charge is 0.446 e. The highest BCUT2D eigenvalue weighted by atomic mass is 32.2. The van der Waals surface area contributed by atoms with Gasteiger partial charge in [-0.3, -0.25) is 9.59 Å². The van der Waals surface area contributed by atoms with Crippen LogP contribution in [0.5, 0.6) is 0 Å². The molecule has 0 spiro atoms. The van der Waals surface area contributed by atoms with Crippen LogP contribution in [0.25, 0.3) is 0 Å². The molecule has 9 heteroatoms. The number of carbonyl (C=O) groups is 2. The highest BCUT2D eigenvalue weighted by Gasteiger charge is 2.29. The zero-order valence-electron chi connectivity index (χ0n) is 13.4. The summed E-state index contributed by atoms with van der Waals surface area (Å²) < 4.78 is 41.6. The van der Waals surface area contributed by atoms with Crippen molar-refractivity contribution in [2.45, 2.75) is 16.8 Å². The first kappa shape index (κ1) is 20.3. The molecule has 0 saturated heterocycles. The fraction of sp³-hybridized carbons (Fsp3) is 0.467. The second kappa shape index (κ2) is 9.53. The van der Waals surface area contributed by atoms with Crippen LogP contribution in [-0.4, -0.2) is 56.1 Å². The maximum absolute atomic E-state index is 12.3. The molecule has 134 valence electrons. The quantitative estimate of drug-likeness (QED) is 0.569. The molecule has 1 aromatic rings. The zero-order chi connectivity index (χ0) is 18.2. The summed E-state index contributed by atoms with van der Waals surface area (Å²) in [6.07, 6.45) is 0.665. The van der Waals surface area contributed by atoms with Crippen LogP contribution < -0.4 is 5.32 Å². The molecule has 0 aliphatic carbocycles. The van der Waals surface area contributed by atoms with Gasteiger partial charge in [0.05, 0.1) is 6.54 Å². The van der Waals surface area contributed by atoms with Gasteiger partial charge in [0, 0.05) is 37.8 Å². The lowest BCUT2D eigenvalue weighted by molar-refractivity contribution is -0.121. The van der Waals surface area contributed by atoms with Gasteiger partial charge in [-0.15, -0.1) is 0 Å². The Balaban J connectivity index is 2.51. The van der Waals surface area contributed by atoms with Gasteiger partial charge in [0.15, 0.2) is 0 Å². The first-order chi connectivity index (χ1) is 11.2. The summed E-state index contributed by atoms with van der Waals surface area (Å²) in [6, 6.07) is 5.07. The van der Waals surface area contributed by atoms with Crippen LogP contribution in [0.3, 0.4) is 0 Å². The maximum atomic E-state index is 12.3. The number of amides is 2. The van der Waals surface area contributed by atoms with Gasteiger partial charge in [0.1, 0.15) is 0 Å². The van der Waals surface area contributed by atoms with Crippen molar-refractivity contribution in [3.63, 3.8) is 0 Å². The Morgan fingerprint density at radius 3 is 2.42 bits per heavy atom. The van der Waals surface area contributed by atoms with E-state index in [4.69, 9.17) is 4.74 Å². The van der Waals surface area contributed by atoms with Crippen LogP contribution in [0.2, 0.25) is 0 Å². The number of benzene rings is 1. The van der Waals surface area contributed by atoms with Crippen molar-refractivity contribution in [2.75, 3.05) is 33.9 Å². The molecule has 24 heavy (non-hydrogen) atoms. The monoisotopic (exact) mass is 364 g/mol. The summed E-state index contributed by atoms with van der Waals surface area (Å²) in [4.78, 5) is 25.0. The number of thioether (sulfide) groups is 1. The molecule has 0 atom stereocenters. The van der Waals surface area contributed by atoms with E-state index in [9.17, 15) is 22.8 Å². The fourth-order valence-electron chi connectivity index (χ4n) is 1.81. The number of nitrogens with zero attached hydrogens (tertiary/aromatic N) is 1. The van der Waals surface area contributed by atoms with Crippen molar-refractivity contribution in [3.8, 4) is 0 Å². The fourth-order valence-corrected chi connectivity index (χ4v) is 2.35. The number of carbonyl (C=O) groups excluding carboxylic acids is 2. The van der Waals surface area contributed by atoms with Gasteiger partial charge in [0.2, 0.25) is 5.91 Å². The summed E-state index contributed by atoms with van der Waals surface area (Å²) in [5.41, 5.74) is -4.15. The topological polar surface area (TPSA) is 58.6 Å². The summed E-state index contributed by atoms with van der Waals surface area (Å²) in [5.74, 6) is -0.753. The maximum Gasteiger partial charge on any atom is 0.446 e. The number of rotatable bonds is 8. The van der Waals surface area contributed by atoms with E-state index in [1.807, 2.05) is 0 Å². The van der Waals surface area contributed by atoms with Gasteiger partial charge < -0.3 is 15.0 Å². The standard InChI is InChI=1S/C15H19F3N2O3S/c1-20(10-13(21)19-8-3-9-23-2)14(22)11-4-6-12(7-5-11)24-15(16,17)18/h4-7H,3,8-10H2,1-2H3,(H,19,21). The van der Waals surface area contributed by atoms with Gasteiger partial charge in [-0.05, 0) is 42.4 Å². The molecule has 0 saturated carbocycles. The van der Waals surface area contributed by atoms with Gasteiger partial charge in [-0.2, -0.15) is 13.2 Å². The highest BCUT2D eigenvalue weighted by Crippen LogP contribution is 2.36. The van der Waals surface area contributed by atoms with E-state index >= 15 is 0 Å². The second-order valence-corrected chi connectivity index (χ2v) is 6.07. The molecule has 5 nitrogen and oxygen atoms in total. The number of alkyl halides is 3. The number of halogens is 3. The summed E-state index contributed by atoms with van der Waals surface area (Å²) in [7, 11) is 3.02. The number of hydrogen-bond donors (Lipinski definition) is 1. The predicted molar refractivity (Wildman–Crippen MR) is 84.8 cm³/mol. The number of methoxy groups -OCH3 is 1. The molecule has 0 bridgehead atoms. The highest BCUT2D eigenvalue weighted by molar-refractivity contribution is 8.00. The van der Waals surface area contributed by atoms with Crippen molar-refractivity contribution in [2.24, 2.45) is 0 Å². The molecule has 0 radical (unpaired) electrons. The average Bonchev–Trinajstić information content (AvgIpc) is 2.50. The van der Waals surface area contributed by atoms with Crippen LogP contribution in [-0.2, 0) is 9.53 Å². The Hall–Kier alpha value is -1.74. The summed E-state index contributed by atoms with van der Waals surface area (Å²) in [6.45, 7) is 0.834. The Labute approximate surface area is 142 Å². The second-order valence-electron chi connectivity index (χ2n) is 4.93. The minimum absolute atomic E-state index is 0.00223. The van der Waals surface area contributed by atoms with Crippen LogP contribution >= 0.6 is 11.8 Å². The minimum atomic E-state index is -4.37. The Kier molecular flexibility index (Phi) is 8.06. The number of hydrogen-bond acceptors (Lipinski definition) is 4. The molecule has 0 heterocycles. The molecular weight excluding hydrogens is 345 g/mol. The molecule has 1 rings (SSSR count). The third-order valence-corrected chi connectivity index (χ3v) is 3.65. The van der Waals surface area contributed by atoms with E-state index in [0.29, 0.717) is 19.6 Å². The van der Waals surface area contributed by atoms with Crippen LogP contribution in [0, 0.1) is 0 Å². The Bertz CT molecular complexity index is 550. The van der Waals surface area contributed by atoms with Crippen molar-refractivity contribution < 1.29 is 27.5 Å². The lowest BCUT2D eigenvalue weighted by Crippen LogP contribution is -2.38. The van der Waals surface area contributed by atoms with Gasteiger partial charge in [-0.25, -0.2) is 0 Å².